The van der Waals surface area contributed by atoms with Crippen LogP contribution in [-0.2, 0) is 14.3 Å². The summed E-state index contributed by atoms with van der Waals surface area (Å²) >= 11 is 4.01. The zero-order chi connectivity index (χ0) is 22.6. The summed E-state index contributed by atoms with van der Waals surface area (Å²) in [5.41, 5.74) is -0.173. The molecule has 180 valence electrons. The molecule has 4 aliphatic carbocycles. The van der Waals surface area contributed by atoms with Crippen LogP contribution in [0.1, 0.15) is 79.1 Å². The van der Waals surface area contributed by atoms with Crippen LogP contribution >= 0.6 is 15.9 Å². The molecule has 4 nitrogen and oxygen atoms in total. The van der Waals surface area contributed by atoms with E-state index in [1.807, 2.05) is 0 Å². The van der Waals surface area contributed by atoms with Crippen LogP contribution in [0.2, 0.25) is 0 Å². The number of ether oxygens (including phenoxy) is 2. The summed E-state index contributed by atoms with van der Waals surface area (Å²) < 4.78 is 13.2. The van der Waals surface area contributed by atoms with Gasteiger partial charge in [0.25, 0.3) is 0 Å². The minimum Gasteiger partial charge on any atom is -0.393 e. The molecule has 1 spiro atoms. The number of halogens is 1. The summed E-state index contributed by atoms with van der Waals surface area (Å²) in [6.07, 6.45) is 8.36. The topological polar surface area (TPSA) is 55.8 Å². The van der Waals surface area contributed by atoms with Gasteiger partial charge in [-0.2, -0.15) is 0 Å². The molecule has 32 heavy (non-hydrogen) atoms. The van der Waals surface area contributed by atoms with E-state index in [0.717, 1.165) is 45.1 Å². The molecule has 0 unspecified atom stereocenters. The number of carbonyl (C=O) groups is 1. The Morgan fingerprint density at radius 1 is 1.03 bits per heavy atom. The standard InChI is InChI=1S/C27H41BrO4/c1-14-7-10-27(31-13-14)15(2)21-20(32-27)12-19-18-6-5-16-11-17(29)8-9-25(16,3)22(18)23(28)24(30)26(19,21)4/h14-23,29H,5-13H2,1-4H3/t14-,15+,16+,17+,18+,19+,20+,21+,22-,23-,25+,26+,27-/m1/s1. The number of fused-ring (bicyclic) bond motifs is 7. The molecule has 2 aliphatic heterocycles. The first-order chi connectivity index (χ1) is 15.1. The lowest BCUT2D eigenvalue weighted by Crippen LogP contribution is -2.62. The first-order valence-electron chi connectivity index (χ1n) is 13.3. The van der Waals surface area contributed by atoms with Gasteiger partial charge < -0.3 is 14.6 Å². The van der Waals surface area contributed by atoms with E-state index in [0.29, 0.717) is 35.4 Å². The third kappa shape index (κ3) is 2.74. The molecule has 6 rings (SSSR count). The highest BCUT2D eigenvalue weighted by molar-refractivity contribution is 9.10. The molecule has 0 radical (unpaired) electrons. The summed E-state index contributed by atoms with van der Waals surface area (Å²) in [5, 5.41) is 10.3. The maximum Gasteiger partial charge on any atom is 0.171 e. The number of ketones is 1. The van der Waals surface area contributed by atoms with Crippen molar-refractivity contribution in [2.24, 2.45) is 52.3 Å². The molecule has 5 heteroatoms. The number of hydrogen-bond acceptors (Lipinski definition) is 4. The number of aliphatic hydroxyl groups is 1. The smallest absolute Gasteiger partial charge is 0.171 e. The number of aliphatic hydroxyl groups excluding tert-OH is 1. The minimum atomic E-state index is -0.474. The Morgan fingerprint density at radius 2 is 1.81 bits per heavy atom. The molecule has 0 amide bonds. The highest BCUT2D eigenvalue weighted by Gasteiger charge is 2.73. The fraction of sp³-hybridized carbons (Fsp3) is 0.963. The second-order valence-corrected chi connectivity index (χ2v) is 14.0. The Bertz CT molecular complexity index is 793. The molecule has 2 heterocycles. The summed E-state index contributed by atoms with van der Waals surface area (Å²) in [5.74, 6) is 2.97. The fourth-order valence-electron chi connectivity index (χ4n) is 9.99. The lowest BCUT2D eigenvalue weighted by molar-refractivity contribution is -0.272. The van der Waals surface area contributed by atoms with Crippen molar-refractivity contribution in [1.82, 2.24) is 0 Å². The molecule has 0 aromatic carbocycles. The quantitative estimate of drug-likeness (QED) is 0.448. The predicted octanol–water partition coefficient (Wildman–Crippen LogP) is 5.35. The average Bonchev–Trinajstić information content (AvgIpc) is 3.20. The molecule has 0 aromatic heterocycles. The molecule has 0 bridgehead atoms. The van der Waals surface area contributed by atoms with Crippen molar-refractivity contribution in [3.63, 3.8) is 0 Å². The van der Waals surface area contributed by atoms with Gasteiger partial charge in [-0.1, -0.05) is 43.6 Å². The zero-order valence-electron chi connectivity index (χ0n) is 20.2. The average molecular weight is 510 g/mol. The van der Waals surface area contributed by atoms with Crippen LogP contribution in [0.4, 0.5) is 0 Å². The number of carbonyl (C=O) groups excluding carboxylic acids is 1. The second kappa shape index (κ2) is 7.27. The van der Waals surface area contributed by atoms with E-state index in [1.54, 1.807) is 0 Å². The van der Waals surface area contributed by atoms with Gasteiger partial charge in [-0.25, -0.2) is 0 Å². The van der Waals surface area contributed by atoms with Gasteiger partial charge >= 0.3 is 0 Å². The van der Waals surface area contributed by atoms with Crippen molar-refractivity contribution >= 4 is 21.7 Å². The van der Waals surface area contributed by atoms with Gasteiger partial charge in [-0.15, -0.1) is 0 Å². The molecule has 4 saturated carbocycles. The van der Waals surface area contributed by atoms with E-state index in [1.165, 1.54) is 12.8 Å². The number of hydrogen-bond donors (Lipinski definition) is 1. The molecule has 0 aromatic rings. The van der Waals surface area contributed by atoms with Gasteiger partial charge in [0, 0.05) is 23.7 Å². The zero-order valence-corrected chi connectivity index (χ0v) is 21.8. The lowest BCUT2D eigenvalue weighted by Gasteiger charge is -2.62. The van der Waals surface area contributed by atoms with Crippen LogP contribution < -0.4 is 0 Å². The molecule has 6 aliphatic rings. The van der Waals surface area contributed by atoms with E-state index < -0.39 is 5.79 Å². The molecule has 13 atom stereocenters. The first-order valence-corrected chi connectivity index (χ1v) is 14.2. The van der Waals surface area contributed by atoms with Gasteiger partial charge in [-0.05, 0) is 80.0 Å². The third-order valence-electron chi connectivity index (χ3n) is 11.7. The third-order valence-corrected chi connectivity index (χ3v) is 12.7. The number of Topliss-reactive ketones (excluding diaryl/α,β-unsaturated/α-hetero) is 1. The van der Waals surface area contributed by atoms with Crippen LogP contribution in [0.5, 0.6) is 0 Å². The summed E-state index contributed by atoms with van der Waals surface area (Å²) in [6, 6.07) is 0. The van der Waals surface area contributed by atoms with Gasteiger partial charge in [-0.3, -0.25) is 4.79 Å². The second-order valence-electron chi connectivity index (χ2n) is 13.0. The van der Waals surface area contributed by atoms with E-state index in [2.05, 4.69) is 43.6 Å². The number of rotatable bonds is 0. The monoisotopic (exact) mass is 508 g/mol. The van der Waals surface area contributed by atoms with Crippen LogP contribution in [0.3, 0.4) is 0 Å². The van der Waals surface area contributed by atoms with Crippen molar-refractivity contribution in [3.8, 4) is 0 Å². The van der Waals surface area contributed by atoms with Crippen molar-refractivity contribution < 1.29 is 19.4 Å². The molecular formula is C27H41BrO4. The SMILES string of the molecule is C[C@@H]1CC[C@@]2(OC1)O[C@H]1C[C@H]3[C@@H]4CC[C@H]5C[C@@H](O)CC[C@]5(C)[C@H]4[C@@H](Br)C(=O)[C@]3(C)[C@H]1[C@@H]2C. The summed E-state index contributed by atoms with van der Waals surface area (Å²) in [4.78, 5) is 14.2. The maximum atomic E-state index is 14.3. The first kappa shape index (κ1) is 22.5. The molecule has 1 N–H and O–H groups in total. The predicted molar refractivity (Wildman–Crippen MR) is 126 cm³/mol. The van der Waals surface area contributed by atoms with Crippen LogP contribution in [0, 0.1) is 52.3 Å². The van der Waals surface area contributed by atoms with Crippen molar-refractivity contribution in [3.05, 3.63) is 0 Å². The Hall–Kier alpha value is 0.0300. The van der Waals surface area contributed by atoms with Crippen LogP contribution in [0.25, 0.3) is 0 Å². The van der Waals surface area contributed by atoms with Crippen LogP contribution in [-0.4, -0.2) is 40.3 Å². The Balaban J connectivity index is 1.34. The summed E-state index contributed by atoms with van der Waals surface area (Å²) in [6.45, 7) is 10.1. The van der Waals surface area contributed by atoms with Gasteiger partial charge in [0.05, 0.1) is 23.6 Å². The normalized spacial score (nSPS) is 61.8. The Labute approximate surface area is 201 Å². The molecule has 2 saturated heterocycles. The van der Waals surface area contributed by atoms with Crippen molar-refractivity contribution in [2.75, 3.05) is 6.61 Å². The largest absolute Gasteiger partial charge is 0.393 e. The highest BCUT2D eigenvalue weighted by atomic mass is 79.9. The van der Waals surface area contributed by atoms with Gasteiger partial charge in [0.1, 0.15) is 0 Å². The van der Waals surface area contributed by atoms with Crippen LogP contribution in [0.15, 0.2) is 0 Å². The number of alkyl halides is 1. The lowest BCUT2D eigenvalue weighted by atomic mass is 9.44. The Morgan fingerprint density at radius 3 is 2.53 bits per heavy atom. The highest BCUT2D eigenvalue weighted by Crippen LogP contribution is 2.71. The molecule has 6 fully saturated rings. The Kier molecular flexibility index (Phi) is 5.11. The maximum absolute atomic E-state index is 14.3. The minimum absolute atomic E-state index is 0.0772. The van der Waals surface area contributed by atoms with E-state index in [9.17, 15) is 9.90 Å². The van der Waals surface area contributed by atoms with Crippen molar-refractivity contribution in [1.29, 1.82) is 0 Å². The fourth-order valence-corrected chi connectivity index (χ4v) is 11.5. The summed E-state index contributed by atoms with van der Waals surface area (Å²) in [7, 11) is 0. The van der Waals surface area contributed by atoms with E-state index >= 15 is 0 Å². The van der Waals surface area contributed by atoms with Gasteiger partial charge in [0.15, 0.2) is 11.6 Å². The van der Waals surface area contributed by atoms with Crippen molar-refractivity contribution in [2.45, 2.75) is 102 Å². The molecular weight excluding hydrogens is 468 g/mol. The van der Waals surface area contributed by atoms with E-state index in [4.69, 9.17) is 9.47 Å². The van der Waals surface area contributed by atoms with Gasteiger partial charge in [0.2, 0.25) is 0 Å². The van der Waals surface area contributed by atoms with E-state index in [-0.39, 0.29) is 39.7 Å².